The molecule has 1 unspecified atom stereocenters. The molecule has 0 bridgehead atoms. The fraction of sp³-hybridized carbons (Fsp3) is 0.889. The van der Waals surface area contributed by atoms with E-state index in [0.717, 1.165) is 0 Å². The second-order valence-electron chi connectivity index (χ2n) is 3.11. The number of carbonyl (C=O) groups excluding carboxylic acids is 1. The highest BCUT2D eigenvalue weighted by atomic mass is 32.2. The number of rotatable bonds is 6. The SMILES string of the molecule is COC(=O)C(C)SCCCCC(F)(F)F. The highest BCUT2D eigenvalue weighted by Crippen LogP contribution is 2.23. The van der Waals surface area contributed by atoms with E-state index in [4.69, 9.17) is 0 Å². The lowest BCUT2D eigenvalue weighted by Gasteiger charge is -2.09. The lowest BCUT2D eigenvalue weighted by atomic mass is 10.2. The number of hydrogen-bond acceptors (Lipinski definition) is 3. The summed E-state index contributed by atoms with van der Waals surface area (Å²) in [5.41, 5.74) is 0. The highest BCUT2D eigenvalue weighted by molar-refractivity contribution is 8.00. The van der Waals surface area contributed by atoms with E-state index in [1.54, 1.807) is 6.92 Å². The number of unbranched alkanes of at least 4 members (excludes halogenated alkanes) is 1. The van der Waals surface area contributed by atoms with Crippen molar-refractivity contribution in [1.82, 2.24) is 0 Å². The van der Waals surface area contributed by atoms with E-state index in [-0.39, 0.29) is 17.6 Å². The number of ether oxygens (including phenoxy) is 1. The molecule has 0 aliphatic rings. The molecule has 15 heavy (non-hydrogen) atoms. The molecule has 90 valence electrons. The van der Waals surface area contributed by atoms with Gasteiger partial charge in [0.05, 0.1) is 12.4 Å². The summed E-state index contributed by atoms with van der Waals surface area (Å²) in [6.07, 6.45) is -4.24. The van der Waals surface area contributed by atoms with Crippen LogP contribution in [-0.2, 0) is 9.53 Å². The van der Waals surface area contributed by atoms with Crippen LogP contribution in [0.3, 0.4) is 0 Å². The quantitative estimate of drug-likeness (QED) is 0.530. The molecule has 0 aromatic rings. The predicted octanol–water partition coefficient (Wildman–Crippen LogP) is 3.01. The van der Waals surface area contributed by atoms with E-state index in [0.29, 0.717) is 12.2 Å². The van der Waals surface area contributed by atoms with Crippen LogP contribution in [0.25, 0.3) is 0 Å². The van der Waals surface area contributed by atoms with Crippen molar-refractivity contribution < 1.29 is 22.7 Å². The first kappa shape index (κ1) is 14.6. The van der Waals surface area contributed by atoms with Crippen LogP contribution >= 0.6 is 11.8 Å². The van der Waals surface area contributed by atoms with E-state index in [9.17, 15) is 18.0 Å². The maximum absolute atomic E-state index is 11.7. The summed E-state index contributed by atoms with van der Waals surface area (Å²) in [6, 6.07) is 0. The minimum Gasteiger partial charge on any atom is -0.468 e. The molecule has 0 N–H and O–H groups in total. The molecule has 0 saturated carbocycles. The fourth-order valence-electron chi connectivity index (χ4n) is 0.922. The number of halogens is 3. The third-order valence-electron chi connectivity index (χ3n) is 1.76. The monoisotopic (exact) mass is 244 g/mol. The van der Waals surface area contributed by atoms with Gasteiger partial charge in [0.15, 0.2) is 0 Å². The first-order valence-corrected chi connectivity index (χ1v) is 5.68. The molecule has 0 aliphatic heterocycles. The summed E-state index contributed by atoms with van der Waals surface area (Å²) >= 11 is 1.32. The van der Waals surface area contributed by atoms with Crippen LogP contribution in [0, 0.1) is 0 Å². The van der Waals surface area contributed by atoms with Crippen molar-refractivity contribution in [3.8, 4) is 0 Å². The van der Waals surface area contributed by atoms with Gasteiger partial charge in [-0.2, -0.15) is 13.2 Å². The number of esters is 1. The lowest BCUT2D eigenvalue weighted by Crippen LogP contribution is -2.15. The Morgan fingerprint density at radius 1 is 1.40 bits per heavy atom. The van der Waals surface area contributed by atoms with Gasteiger partial charge in [0, 0.05) is 6.42 Å². The summed E-state index contributed by atoms with van der Waals surface area (Å²) in [4.78, 5) is 10.9. The topological polar surface area (TPSA) is 26.3 Å². The number of alkyl halides is 3. The smallest absolute Gasteiger partial charge is 0.389 e. The molecule has 0 amide bonds. The molecular formula is C9H15F3O2S. The molecule has 0 spiro atoms. The van der Waals surface area contributed by atoms with Crippen molar-refractivity contribution in [2.75, 3.05) is 12.9 Å². The van der Waals surface area contributed by atoms with Crippen LogP contribution in [0.4, 0.5) is 13.2 Å². The zero-order valence-corrected chi connectivity index (χ0v) is 9.58. The predicted molar refractivity (Wildman–Crippen MR) is 53.8 cm³/mol. The molecule has 0 aliphatic carbocycles. The normalized spacial score (nSPS) is 13.7. The fourth-order valence-corrected chi connectivity index (χ4v) is 1.88. The standard InChI is InChI=1S/C9H15F3O2S/c1-7(8(13)14-2)15-6-4-3-5-9(10,11)12/h7H,3-6H2,1-2H3. The number of methoxy groups -OCH3 is 1. The van der Waals surface area contributed by atoms with Crippen LogP contribution < -0.4 is 0 Å². The average Bonchev–Trinajstić information content (AvgIpc) is 2.14. The van der Waals surface area contributed by atoms with Gasteiger partial charge in [-0.3, -0.25) is 4.79 Å². The van der Waals surface area contributed by atoms with E-state index in [2.05, 4.69) is 4.74 Å². The molecule has 0 rings (SSSR count). The number of carbonyl (C=O) groups is 1. The second-order valence-corrected chi connectivity index (χ2v) is 4.56. The minimum absolute atomic E-state index is 0.115. The number of hydrogen-bond donors (Lipinski definition) is 0. The van der Waals surface area contributed by atoms with Gasteiger partial charge in [0.25, 0.3) is 0 Å². The van der Waals surface area contributed by atoms with Crippen molar-refractivity contribution in [3.63, 3.8) is 0 Å². The molecule has 0 heterocycles. The summed E-state index contributed by atoms with van der Waals surface area (Å²) in [5.74, 6) is 0.211. The lowest BCUT2D eigenvalue weighted by molar-refractivity contribution is -0.139. The van der Waals surface area contributed by atoms with Crippen molar-refractivity contribution in [2.45, 2.75) is 37.6 Å². The van der Waals surface area contributed by atoms with E-state index in [1.165, 1.54) is 18.9 Å². The Morgan fingerprint density at radius 3 is 2.47 bits per heavy atom. The molecular weight excluding hydrogens is 229 g/mol. The Kier molecular flexibility index (Phi) is 6.80. The zero-order chi connectivity index (χ0) is 11.9. The van der Waals surface area contributed by atoms with Gasteiger partial charge < -0.3 is 4.74 Å². The maximum Gasteiger partial charge on any atom is 0.389 e. The Morgan fingerprint density at radius 2 is 2.00 bits per heavy atom. The number of thioether (sulfide) groups is 1. The zero-order valence-electron chi connectivity index (χ0n) is 8.76. The molecule has 0 aromatic carbocycles. The second kappa shape index (κ2) is 6.98. The van der Waals surface area contributed by atoms with Crippen molar-refractivity contribution in [1.29, 1.82) is 0 Å². The Labute approximate surface area is 91.6 Å². The minimum atomic E-state index is -4.07. The first-order valence-electron chi connectivity index (χ1n) is 4.63. The van der Waals surface area contributed by atoms with Gasteiger partial charge in [-0.05, 0) is 25.5 Å². The van der Waals surface area contributed by atoms with Gasteiger partial charge in [-0.1, -0.05) is 0 Å². The average molecular weight is 244 g/mol. The van der Waals surface area contributed by atoms with E-state index in [1.807, 2.05) is 0 Å². The summed E-state index contributed by atoms with van der Waals surface area (Å²) < 4.78 is 39.7. The largest absolute Gasteiger partial charge is 0.468 e. The summed E-state index contributed by atoms with van der Waals surface area (Å²) in [5, 5.41) is -0.305. The van der Waals surface area contributed by atoms with Gasteiger partial charge in [0.1, 0.15) is 0 Å². The molecule has 0 saturated heterocycles. The molecule has 0 aromatic heterocycles. The van der Waals surface area contributed by atoms with Gasteiger partial charge in [-0.15, -0.1) is 11.8 Å². The van der Waals surface area contributed by atoms with Crippen molar-refractivity contribution in [2.24, 2.45) is 0 Å². The van der Waals surface area contributed by atoms with E-state index >= 15 is 0 Å². The summed E-state index contributed by atoms with van der Waals surface area (Å²) in [6.45, 7) is 1.68. The third kappa shape index (κ3) is 8.59. The van der Waals surface area contributed by atoms with Crippen molar-refractivity contribution in [3.05, 3.63) is 0 Å². The van der Waals surface area contributed by atoms with E-state index < -0.39 is 12.6 Å². The third-order valence-corrected chi connectivity index (χ3v) is 2.97. The first-order chi connectivity index (χ1) is 6.87. The molecule has 0 fully saturated rings. The Bertz CT molecular complexity index is 194. The Hall–Kier alpha value is -0.390. The Balaban J connectivity index is 3.43. The van der Waals surface area contributed by atoms with Crippen molar-refractivity contribution >= 4 is 17.7 Å². The molecule has 0 radical (unpaired) electrons. The molecule has 2 nitrogen and oxygen atoms in total. The van der Waals surface area contributed by atoms with Crippen LogP contribution in [-0.4, -0.2) is 30.3 Å². The van der Waals surface area contributed by atoms with Crippen LogP contribution in [0.5, 0.6) is 0 Å². The van der Waals surface area contributed by atoms with Gasteiger partial charge in [-0.25, -0.2) is 0 Å². The maximum atomic E-state index is 11.7. The van der Waals surface area contributed by atoms with Crippen LogP contribution in [0.1, 0.15) is 26.2 Å². The van der Waals surface area contributed by atoms with Gasteiger partial charge >= 0.3 is 12.1 Å². The molecule has 6 heteroatoms. The van der Waals surface area contributed by atoms with Crippen LogP contribution in [0.2, 0.25) is 0 Å². The highest BCUT2D eigenvalue weighted by Gasteiger charge is 2.25. The summed E-state index contributed by atoms with van der Waals surface area (Å²) in [7, 11) is 1.29. The van der Waals surface area contributed by atoms with Gasteiger partial charge in [0.2, 0.25) is 0 Å². The molecule has 1 atom stereocenters. The van der Waals surface area contributed by atoms with Crippen LogP contribution in [0.15, 0.2) is 0 Å².